The maximum absolute atomic E-state index is 5.64. The molecule has 0 saturated carbocycles. The molecule has 0 bridgehead atoms. The number of anilines is 2. The van der Waals surface area contributed by atoms with Gasteiger partial charge in [-0.1, -0.05) is 6.07 Å². The van der Waals surface area contributed by atoms with Crippen LogP contribution in [0.1, 0.15) is 13.8 Å². The molecule has 0 aliphatic carbocycles. The topological polar surface area (TPSA) is 53.3 Å². The molecule has 2 aromatic heterocycles. The Morgan fingerprint density at radius 2 is 2.18 bits per heavy atom. The Balaban J connectivity index is 1.67. The molecule has 0 atom stereocenters. The molecule has 1 aromatic carbocycles. The molecule has 0 unspecified atom stereocenters. The third-order valence-electron chi connectivity index (χ3n) is 3.61. The van der Waals surface area contributed by atoms with E-state index < -0.39 is 0 Å². The van der Waals surface area contributed by atoms with E-state index in [9.17, 15) is 0 Å². The van der Waals surface area contributed by atoms with E-state index >= 15 is 0 Å². The first-order valence-corrected chi connectivity index (χ1v) is 8.05. The van der Waals surface area contributed by atoms with Gasteiger partial charge in [-0.25, -0.2) is 4.98 Å². The Kier molecular flexibility index (Phi) is 3.13. The second kappa shape index (κ2) is 5.15. The van der Waals surface area contributed by atoms with Crippen LogP contribution in [0.25, 0.3) is 22.0 Å². The van der Waals surface area contributed by atoms with E-state index in [4.69, 9.17) is 4.42 Å². The fraction of sp³-hybridized carbons (Fsp3) is 0.188. The molecule has 6 heteroatoms. The summed E-state index contributed by atoms with van der Waals surface area (Å²) in [6.45, 7) is 4.28. The average molecular weight is 312 g/mol. The average Bonchev–Trinajstić information content (AvgIpc) is 3.25. The summed E-state index contributed by atoms with van der Waals surface area (Å²) in [7, 11) is 0. The van der Waals surface area contributed by atoms with E-state index in [1.807, 2.05) is 23.6 Å². The highest BCUT2D eigenvalue weighted by atomic mass is 32.1. The minimum Gasteiger partial charge on any atom is -0.444 e. The van der Waals surface area contributed by atoms with Crippen molar-refractivity contribution in [2.45, 2.75) is 19.9 Å². The van der Waals surface area contributed by atoms with Crippen molar-refractivity contribution in [3.05, 3.63) is 42.0 Å². The summed E-state index contributed by atoms with van der Waals surface area (Å²) in [5, 5.41) is 4.13. The molecular formula is C16H16N4OS. The second-order valence-corrected chi connectivity index (χ2v) is 6.40. The molecule has 1 aliphatic rings. The van der Waals surface area contributed by atoms with Gasteiger partial charge in [0.05, 0.1) is 16.3 Å². The number of fused-ring (bicyclic) bond motifs is 1. The van der Waals surface area contributed by atoms with Gasteiger partial charge in [0.2, 0.25) is 5.89 Å². The van der Waals surface area contributed by atoms with Gasteiger partial charge in [0.25, 0.3) is 0 Å². The van der Waals surface area contributed by atoms with E-state index in [-0.39, 0.29) is 0 Å². The zero-order chi connectivity index (χ0) is 15.1. The van der Waals surface area contributed by atoms with Crippen LogP contribution in [0.3, 0.4) is 0 Å². The first-order valence-electron chi connectivity index (χ1n) is 7.17. The molecule has 0 spiro atoms. The maximum atomic E-state index is 5.64. The lowest BCUT2D eigenvalue weighted by Gasteiger charge is -2.21. The first kappa shape index (κ1) is 13.4. The molecule has 0 radical (unpaired) electrons. The number of aromatic nitrogens is 1. The molecule has 0 fully saturated rings. The predicted octanol–water partition coefficient (Wildman–Crippen LogP) is 4.13. The molecule has 4 rings (SSSR count). The lowest BCUT2D eigenvalue weighted by atomic mass is 10.1. The van der Waals surface area contributed by atoms with Gasteiger partial charge in [0, 0.05) is 11.6 Å². The summed E-state index contributed by atoms with van der Waals surface area (Å²) >= 11 is 1.66. The van der Waals surface area contributed by atoms with Gasteiger partial charge in [-0.2, -0.15) is 0 Å². The summed E-state index contributed by atoms with van der Waals surface area (Å²) in [4.78, 5) is 5.70. The smallest absolute Gasteiger partial charge is 0.226 e. The fourth-order valence-electron chi connectivity index (χ4n) is 2.51. The Bertz CT molecular complexity index is 794. The SMILES string of the molecule is CC(C)N1NNc2cc(-c3nc(-c4cccs4)co3)ccc21. The van der Waals surface area contributed by atoms with Gasteiger partial charge in [0.15, 0.2) is 0 Å². The quantitative estimate of drug-likeness (QED) is 0.761. The van der Waals surface area contributed by atoms with Crippen LogP contribution >= 0.6 is 11.3 Å². The Morgan fingerprint density at radius 1 is 1.27 bits per heavy atom. The highest BCUT2D eigenvalue weighted by Gasteiger charge is 2.21. The zero-order valence-corrected chi connectivity index (χ0v) is 13.1. The molecule has 22 heavy (non-hydrogen) atoms. The van der Waals surface area contributed by atoms with Crippen molar-refractivity contribution in [2.75, 3.05) is 10.4 Å². The summed E-state index contributed by atoms with van der Waals surface area (Å²) in [5.74, 6) is 0.635. The normalized spacial score (nSPS) is 13.5. The van der Waals surface area contributed by atoms with Gasteiger partial charge in [0.1, 0.15) is 12.0 Å². The van der Waals surface area contributed by atoms with Gasteiger partial charge in [-0.3, -0.25) is 5.01 Å². The summed E-state index contributed by atoms with van der Waals surface area (Å²) in [6.07, 6.45) is 1.71. The van der Waals surface area contributed by atoms with E-state index in [0.717, 1.165) is 27.5 Å². The fourth-order valence-corrected chi connectivity index (χ4v) is 3.19. The molecule has 3 aromatic rings. The number of thiophene rings is 1. The Labute approximate surface area is 132 Å². The number of rotatable bonds is 3. The Hall–Kier alpha value is -2.31. The minimum absolute atomic E-state index is 0.367. The molecule has 112 valence electrons. The van der Waals surface area contributed by atoms with Crippen molar-refractivity contribution in [1.29, 1.82) is 0 Å². The van der Waals surface area contributed by atoms with E-state index in [1.165, 1.54) is 0 Å². The molecule has 1 aliphatic heterocycles. The molecule has 0 amide bonds. The summed E-state index contributed by atoms with van der Waals surface area (Å²) < 4.78 is 5.64. The summed E-state index contributed by atoms with van der Waals surface area (Å²) in [6, 6.07) is 10.6. The van der Waals surface area contributed by atoms with E-state index in [1.54, 1.807) is 17.6 Å². The van der Waals surface area contributed by atoms with Crippen LogP contribution in [0.15, 0.2) is 46.4 Å². The van der Waals surface area contributed by atoms with Crippen LogP contribution in [0.2, 0.25) is 0 Å². The number of benzene rings is 1. The molecule has 3 heterocycles. The van der Waals surface area contributed by atoms with Crippen LogP contribution in [-0.4, -0.2) is 11.0 Å². The van der Waals surface area contributed by atoms with Gasteiger partial charge in [-0.05, 0) is 43.5 Å². The van der Waals surface area contributed by atoms with Crippen LogP contribution < -0.4 is 16.0 Å². The van der Waals surface area contributed by atoms with Crippen molar-refractivity contribution >= 4 is 22.7 Å². The molecule has 0 saturated heterocycles. The second-order valence-electron chi connectivity index (χ2n) is 5.45. The standard InChI is InChI=1S/C16H16N4OS/c1-10(2)20-14-6-5-11(8-12(14)18-19-20)16-17-13(9-21-16)15-4-3-7-22-15/h3-10,18-19H,1-2H3. The minimum atomic E-state index is 0.367. The first-order chi connectivity index (χ1) is 10.7. The third-order valence-corrected chi connectivity index (χ3v) is 4.50. The number of nitrogens with one attached hydrogen (secondary N) is 2. The largest absolute Gasteiger partial charge is 0.444 e. The van der Waals surface area contributed by atoms with E-state index in [0.29, 0.717) is 11.9 Å². The third kappa shape index (κ3) is 2.17. The van der Waals surface area contributed by atoms with Crippen molar-refractivity contribution in [3.63, 3.8) is 0 Å². The highest BCUT2D eigenvalue weighted by molar-refractivity contribution is 7.13. The lowest BCUT2D eigenvalue weighted by molar-refractivity contribution is 0.575. The number of nitrogens with zero attached hydrogens (tertiary/aromatic N) is 2. The number of hydrazine groups is 2. The van der Waals surface area contributed by atoms with Crippen molar-refractivity contribution < 1.29 is 4.42 Å². The van der Waals surface area contributed by atoms with Crippen LogP contribution in [-0.2, 0) is 0 Å². The van der Waals surface area contributed by atoms with Crippen LogP contribution in [0.5, 0.6) is 0 Å². The number of hydrogen-bond acceptors (Lipinski definition) is 6. The lowest BCUT2D eigenvalue weighted by Crippen LogP contribution is -2.41. The number of hydrogen-bond donors (Lipinski definition) is 2. The van der Waals surface area contributed by atoms with Crippen molar-refractivity contribution in [1.82, 2.24) is 10.5 Å². The highest BCUT2D eigenvalue weighted by Crippen LogP contribution is 2.35. The van der Waals surface area contributed by atoms with Crippen molar-refractivity contribution in [3.8, 4) is 22.0 Å². The van der Waals surface area contributed by atoms with Gasteiger partial charge >= 0.3 is 0 Å². The monoisotopic (exact) mass is 312 g/mol. The van der Waals surface area contributed by atoms with E-state index in [2.05, 4.69) is 46.9 Å². The maximum Gasteiger partial charge on any atom is 0.226 e. The molecular weight excluding hydrogens is 296 g/mol. The van der Waals surface area contributed by atoms with Gasteiger partial charge < -0.3 is 9.84 Å². The molecule has 5 nitrogen and oxygen atoms in total. The van der Waals surface area contributed by atoms with Crippen LogP contribution in [0.4, 0.5) is 11.4 Å². The summed E-state index contributed by atoms with van der Waals surface area (Å²) in [5.41, 5.74) is 10.3. The molecule has 2 N–H and O–H groups in total. The van der Waals surface area contributed by atoms with Gasteiger partial charge in [-0.15, -0.1) is 16.9 Å². The van der Waals surface area contributed by atoms with Crippen LogP contribution in [0, 0.1) is 0 Å². The Morgan fingerprint density at radius 3 is 2.95 bits per heavy atom. The number of oxazole rings is 1. The van der Waals surface area contributed by atoms with Crippen molar-refractivity contribution in [2.24, 2.45) is 0 Å². The zero-order valence-electron chi connectivity index (χ0n) is 12.3. The predicted molar refractivity (Wildman–Crippen MR) is 89.6 cm³/mol.